The van der Waals surface area contributed by atoms with Gasteiger partial charge in [-0.15, -0.1) is 0 Å². The molecule has 1 aliphatic heterocycles. The summed E-state index contributed by atoms with van der Waals surface area (Å²) in [5.74, 6) is 0.762. The number of hydrogen-bond acceptors (Lipinski definition) is 5. The van der Waals surface area contributed by atoms with E-state index in [9.17, 15) is 0 Å². The van der Waals surface area contributed by atoms with Crippen molar-refractivity contribution >= 4 is 17.4 Å². The predicted octanol–water partition coefficient (Wildman–Crippen LogP) is 2.95. The molecule has 0 fully saturated rings. The topological polar surface area (TPSA) is 58.9 Å². The molecule has 1 aromatic carbocycles. The van der Waals surface area contributed by atoms with E-state index in [1.165, 1.54) is 11.3 Å². The molecule has 0 bridgehead atoms. The van der Waals surface area contributed by atoms with Crippen molar-refractivity contribution in [3.05, 3.63) is 70.9 Å². The van der Waals surface area contributed by atoms with Crippen LogP contribution in [0, 0.1) is 0 Å². The molecule has 0 radical (unpaired) electrons. The van der Waals surface area contributed by atoms with Crippen LogP contribution in [0.4, 0.5) is 5.82 Å². The lowest BCUT2D eigenvalue weighted by molar-refractivity contribution is 0.205. The minimum Gasteiger partial charge on any atom is -0.363 e. The summed E-state index contributed by atoms with van der Waals surface area (Å²) in [5, 5.41) is 8.71. The number of rotatable bonds is 5. The van der Waals surface area contributed by atoms with Gasteiger partial charge in [-0.1, -0.05) is 23.7 Å². The van der Waals surface area contributed by atoms with Crippen LogP contribution in [0.15, 0.2) is 48.9 Å². The maximum Gasteiger partial charge on any atom is 0.144 e. The number of fused-ring (bicyclic) bond motifs is 1. The zero-order valence-electron chi connectivity index (χ0n) is 13.8. The molecular formula is C18H19ClN6. The SMILES string of the molecule is Clc1ccc(CN2CCn3nc(CNc4cnccn4)cc3C2)cc1. The zero-order valence-corrected chi connectivity index (χ0v) is 14.5. The highest BCUT2D eigenvalue weighted by Gasteiger charge is 2.18. The number of halogens is 1. The molecule has 0 amide bonds. The van der Waals surface area contributed by atoms with Crippen LogP contribution in [0.3, 0.4) is 0 Å². The second-order valence-corrected chi connectivity index (χ2v) is 6.57. The van der Waals surface area contributed by atoms with Gasteiger partial charge < -0.3 is 5.32 Å². The third kappa shape index (κ3) is 3.97. The van der Waals surface area contributed by atoms with Crippen LogP contribution < -0.4 is 5.32 Å². The normalized spacial score (nSPS) is 14.3. The first-order chi connectivity index (χ1) is 12.3. The van der Waals surface area contributed by atoms with Crippen molar-refractivity contribution in [1.29, 1.82) is 0 Å². The van der Waals surface area contributed by atoms with Crippen LogP contribution in [0.2, 0.25) is 5.02 Å². The van der Waals surface area contributed by atoms with Crippen LogP contribution in [0.1, 0.15) is 17.0 Å². The first-order valence-electron chi connectivity index (χ1n) is 8.28. The Labute approximate surface area is 151 Å². The molecule has 3 aromatic rings. The van der Waals surface area contributed by atoms with E-state index in [1.54, 1.807) is 18.6 Å². The molecule has 0 atom stereocenters. The predicted molar refractivity (Wildman–Crippen MR) is 97.2 cm³/mol. The van der Waals surface area contributed by atoms with Crippen LogP contribution in [0.25, 0.3) is 0 Å². The summed E-state index contributed by atoms with van der Waals surface area (Å²) in [6.45, 7) is 4.38. The number of anilines is 1. The quantitative estimate of drug-likeness (QED) is 0.763. The van der Waals surface area contributed by atoms with Gasteiger partial charge >= 0.3 is 0 Å². The van der Waals surface area contributed by atoms with Crippen LogP contribution in [0.5, 0.6) is 0 Å². The van der Waals surface area contributed by atoms with Gasteiger partial charge in [-0.3, -0.25) is 14.6 Å². The van der Waals surface area contributed by atoms with Crippen molar-refractivity contribution in [3.8, 4) is 0 Å². The van der Waals surface area contributed by atoms with Crippen LogP contribution in [-0.4, -0.2) is 31.2 Å². The molecule has 0 saturated heterocycles. The fraction of sp³-hybridized carbons (Fsp3) is 0.278. The first kappa shape index (κ1) is 16.1. The number of nitrogens with one attached hydrogen (secondary N) is 1. The number of nitrogens with zero attached hydrogens (tertiary/aromatic N) is 5. The first-order valence-corrected chi connectivity index (χ1v) is 8.66. The highest BCUT2D eigenvalue weighted by atomic mass is 35.5. The highest BCUT2D eigenvalue weighted by molar-refractivity contribution is 6.30. The smallest absolute Gasteiger partial charge is 0.144 e. The fourth-order valence-corrected chi connectivity index (χ4v) is 3.15. The Kier molecular flexibility index (Phi) is 4.63. The summed E-state index contributed by atoms with van der Waals surface area (Å²) in [7, 11) is 0. The molecule has 0 saturated carbocycles. The van der Waals surface area contributed by atoms with Crippen molar-refractivity contribution in [1.82, 2.24) is 24.6 Å². The maximum atomic E-state index is 5.96. The second kappa shape index (κ2) is 7.21. The van der Waals surface area contributed by atoms with Gasteiger partial charge in [0.2, 0.25) is 0 Å². The molecule has 0 unspecified atom stereocenters. The third-order valence-corrected chi connectivity index (χ3v) is 4.51. The standard InChI is InChI=1S/C18H19ClN6/c19-15-3-1-14(2-4-15)12-24-7-8-25-17(13-24)9-16(23-25)10-22-18-11-20-5-6-21-18/h1-6,9,11H,7-8,10,12-13H2,(H,21,22). The summed E-state index contributed by atoms with van der Waals surface area (Å²) < 4.78 is 2.10. The minimum absolute atomic E-state index is 0.649. The van der Waals surface area contributed by atoms with Crippen molar-refractivity contribution in [2.24, 2.45) is 0 Å². The molecule has 3 heterocycles. The molecule has 1 aliphatic rings. The molecule has 0 aliphatic carbocycles. The van der Waals surface area contributed by atoms with E-state index in [-0.39, 0.29) is 0 Å². The Hall–Kier alpha value is -2.44. The Morgan fingerprint density at radius 1 is 1.12 bits per heavy atom. The molecular weight excluding hydrogens is 336 g/mol. The Morgan fingerprint density at radius 3 is 2.80 bits per heavy atom. The van der Waals surface area contributed by atoms with Crippen molar-refractivity contribution < 1.29 is 0 Å². The third-order valence-electron chi connectivity index (χ3n) is 4.26. The summed E-state index contributed by atoms with van der Waals surface area (Å²) in [4.78, 5) is 10.7. The van der Waals surface area contributed by atoms with E-state index in [4.69, 9.17) is 11.6 Å². The van der Waals surface area contributed by atoms with Gasteiger partial charge in [0.25, 0.3) is 0 Å². The zero-order chi connectivity index (χ0) is 17.1. The van der Waals surface area contributed by atoms with E-state index >= 15 is 0 Å². The molecule has 4 rings (SSSR count). The fourth-order valence-electron chi connectivity index (χ4n) is 3.02. The number of aromatic nitrogens is 4. The van der Waals surface area contributed by atoms with Gasteiger partial charge in [-0.05, 0) is 23.8 Å². The molecule has 7 heteroatoms. The molecule has 25 heavy (non-hydrogen) atoms. The lowest BCUT2D eigenvalue weighted by Crippen LogP contribution is -2.33. The van der Waals surface area contributed by atoms with Gasteiger partial charge in [0.15, 0.2) is 0 Å². The van der Waals surface area contributed by atoms with E-state index in [2.05, 4.69) is 48.2 Å². The lowest BCUT2D eigenvalue weighted by atomic mass is 10.2. The van der Waals surface area contributed by atoms with Gasteiger partial charge in [0, 0.05) is 37.1 Å². The summed E-state index contributed by atoms with van der Waals surface area (Å²) in [5.41, 5.74) is 3.55. The van der Waals surface area contributed by atoms with Crippen LogP contribution in [-0.2, 0) is 26.2 Å². The molecule has 1 N–H and O–H groups in total. The Balaban J connectivity index is 1.38. The molecule has 2 aromatic heterocycles. The second-order valence-electron chi connectivity index (χ2n) is 6.13. The largest absolute Gasteiger partial charge is 0.363 e. The van der Waals surface area contributed by atoms with E-state index in [0.29, 0.717) is 6.54 Å². The average molecular weight is 355 g/mol. The van der Waals surface area contributed by atoms with Gasteiger partial charge in [-0.2, -0.15) is 5.10 Å². The van der Waals surface area contributed by atoms with Crippen molar-refractivity contribution in [3.63, 3.8) is 0 Å². The number of benzene rings is 1. The average Bonchev–Trinajstić information content (AvgIpc) is 3.05. The molecule has 128 valence electrons. The van der Waals surface area contributed by atoms with Gasteiger partial charge in [-0.25, -0.2) is 4.98 Å². The Morgan fingerprint density at radius 2 is 2.00 bits per heavy atom. The Bertz CT molecular complexity index is 831. The van der Waals surface area contributed by atoms with Crippen molar-refractivity contribution in [2.45, 2.75) is 26.2 Å². The van der Waals surface area contributed by atoms with Gasteiger partial charge in [0.05, 0.1) is 30.7 Å². The van der Waals surface area contributed by atoms with E-state index in [0.717, 1.165) is 42.7 Å². The van der Waals surface area contributed by atoms with E-state index in [1.807, 2.05) is 12.1 Å². The summed E-state index contributed by atoms with van der Waals surface area (Å²) in [6, 6.07) is 10.2. The van der Waals surface area contributed by atoms with Gasteiger partial charge in [0.1, 0.15) is 5.82 Å². The van der Waals surface area contributed by atoms with Crippen LogP contribution >= 0.6 is 11.6 Å². The number of hydrogen-bond donors (Lipinski definition) is 1. The molecule has 0 spiro atoms. The summed E-state index contributed by atoms with van der Waals surface area (Å²) >= 11 is 5.96. The minimum atomic E-state index is 0.649. The highest BCUT2D eigenvalue weighted by Crippen LogP contribution is 2.18. The van der Waals surface area contributed by atoms with Crippen molar-refractivity contribution in [2.75, 3.05) is 11.9 Å². The van der Waals surface area contributed by atoms with E-state index < -0.39 is 0 Å². The monoisotopic (exact) mass is 354 g/mol. The summed E-state index contributed by atoms with van der Waals surface area (Å²) in [6.07, 6.45) is 5.05. The molecule has 6 nitrogen and oxygen atoms in total. The maximum absolute atomic E-state index is 5.96. The lowest BCUT2D eigenvalue weighted by Gasteiger charge is -2.27.